The van der Waals surface area contributed by atoms with Gasteiger partial charge in [-0.3, -0.25) is 9.59 Å². The van der Waals surface area contributed by atoms with Crippen LogP contribution >= 0.6 is 0 Å². The molecule has 0 aliphatic heterocycles. The highest BCUT2D eigenvalue weighted by Crippen LogP contribution is 2.45. The van der Waals surface area contributed by atoms with Crippen molar-refractivity contribution in [2.24, 2.45) is 47.3 Å². The molecule has 8 unspecified atom stereocenters. The van der Waals surface area contributed by atoms with Crippen molar-refractivity contribution in [3.63, 3.8) is 0 Å². The van der Waals surface area contributed by atoms with E-state index in [0.29, 0.717) is 25.0 Å². The molecule has 8 atom stereocenters. The maximum atomic E-state index is 12.5. The van der Waals surface area contributed by atoms with E-state index in [9.17, 15) is 9.59 Å². The summed E-state index contributed by atoms with van der Waals surface area (Å²) in [6, 6.07) is 0. The Hall–Kier alpha value is -2.30. The lowest BCUT2D eigenvalue weighted by molar-refractivity contribution is -0.193. The maximum Gasteiger partial charge on any atom is 0.373 e. The van der Waals surface area contributed by atoms with Crippen LogP contribution in [0.4, 0.5) is 0 Å². The van der Waals surface area contributed by atoms with Gasteiger partial charge in [-0.05, 0) is 100 Å². The lowest BCUT2D eigenvalue weighted by Gasteiger charge is -2.40. The highest BCUT2D eigenvalue weighted by molar-refractivity contribution is 5.80. The van der Waals surface area contributed by atoms with Gasteiger partial charge in [0, 0.05) is 0 Å². The minimum absolute atomic E-state index is 0.150. The van der Waals surface area contributed by atoms with Crippen molar-refractivity contribution in [3.8, 4) is 0 Å². The second-order valence-electron chi connectivity index (χ2n) is 12.2. The van der Waals surface area contributed by atoms with Crippen LogP contribution in [0.15, 0.2) is 0 Å². The number of carbonyl (C=O) groups excluding carboxylic acids is 6. The third-order valence-electron chi connectivity index (χ3n) is 9.41. The number of hydrogen-bond acceptors (Lipinski definition) is 8. The molecule has 0 N–H and O–H groups in total. The molecule has 2 saturated carbocycles. The summed E-state index contributed by atoms with van der Waals surface area (Å²) >= 11 is 0. The average Bonchev–Trinajstić information content (AvgIpc) is 2.92. The van der Waals surface area contributed by atoms with Crippen molar-refractivity contribution in [3.05, 3.63) is 0 Å². The molecule has 41 heavy (non-hydrogen) atoms. The molecule has 2 aliphatic rings. The molecule has 0 saturated heterocycles. The third-order valence-corrected chi connectivity index (χ3v) is 9.41. The smallest absolute Gasteiger partial charge is 0.373 e. The first-order valence-corrected chi connectivity index (χ1v) is 15.9. The van der Waals surface area contributed by atoms with E-state index in [4.69, 9.17) is 28.7 Å². The van der Waals surface area contributed by atoms with Crippen molar-refractivity contribution >= 4 is 24.2 Å². The molecular weight excluding hydrogens is 524 g/mol. The fourth-order valence-corrected chi connectivity index (χ4v) is 7.38. The predicted octanol–water partition coefficient (Wildman–Crippen LogP) is 7.05. The second-order valence-corrected chi connectivity index (χ2v) is 12.2. The highest BCUT2D eigenvalue weighted by atomic mass is 16.5. The van der Waals surface area contributed by atoms with Crippen molar-refractivity contribution in [1.82, 2.24) is 0 Å². The van der Waals surface area contributed by atoms with Gasteiger partial charge >= 0.3 is 24.2 Å². The van der Waals surface area contributed by atoms with E-state index in [1.165, 1.54) is 70.6 Å². The molecule has 0 spiro atoms. The fraction of sp³-hybridized carbons (Fsp3) is 0.879. The van der Waals surface area contributed by atoms with Crippen LogP contribution in [-0.2, 0) is 38.2 Å². The molecule has 0 heterocycles. The SMILES string of the molecule is CCCC(CC)CC1CCC(CC2CCC(CC(CC(=O)OCC)C(=O)OCC)C(C)C2)CC1C.O=C=O.O=C=O. The van der Waals surface area contributed by atoms with Crippen LogP contribution in [0.5, 0.6) is 0 Å². The normalized spacial score (nSPS) is 26.8. The van der Waals surface area contributed by atoms with E-state index in [1.807, 2.05) is 13.8 Å². The van der Waals surface area contributed by atoms with Crippen LogP contribution in [0.1, 0.15) is 125 Å². The lowest BCUT2D eigenvalue weighted by atomic mass is 9.65. The number of esters is 2. The van der Waals surface area contributed by atoms with Gasteiger partial charge in [0.05, 0.1) is 25.6 Å². The molecule has 0 radical (unpaired) electrons. The molecule has 0 aromatic carbocycles. The fourth-order valence-electron chi connectivity index (χ4n) is 7.38. The molecule has 8 heteroatoms. The van der Waals surface area contributed by atoms with E-state index < -0.39 is 0 Å². The Morgan fingerprint density at radius 2 is 1.24 bits per heavy atom. The van der Waals surface area contributed by atoms with Crippen LogP contribution in [0, 0.1) is 47.3 Å². The van der Waals surface area contributed by atoms with Gasteiger partial charge in [0.2, 0.25) is 0 Å². The van der Waals surface area contributed by atoms with Crippen LogP contribution in [0.3, 0.4) is 0 Å². The summed E-state index contributed by atoms with van der Waals surface area (Å²) in [4.78, 5) is 57.1. The number of rotatable bonds is 14. The summed E-state index contributed by atoms with van der Waals surface area (Å²) in [6.07, 6.45) is 16.3. The number of hydrogen-bond donors (Lipinski definition) is 0. The van der Waals surface area contributed by atoms with Gasteiger partial charge in [0.15, 0.2) is 0 Å². The van der Waals surface area contributed by atoms with Gasteiger partial charge in [-0.2, -0.15) is 19.2 Å². The van der Waals surface area contributed by atoms with Gasteiger partial charge < -0.3 is 9.47 Å². The van der Waals surface area contributed by atoms with Gasteiger partial charge in [0.25, 0.3) is 0 Å². The molecule has 0 amide bonds. The third kappa shape index (κ3) is 16.1. The average molecular weight is 581 g/mol. The summed E-state index contributed by atoms with van der Waals surface area (Å²) in [5.74, 6) is 4.69. The largest absolute Gasteiger partial charge is 0.466 e. The highest BCUT2D eigenvalue weighted by Gasteiger charge is 2.35. The summed E-state index contributed by atoms with van der Waals surface area (Å²) in [6.45, 7) is 13.9. The van der Waals surface area contributed by atoms with E-state index >= 15 is 0 Å². The van der Waals surface area contributed by atoms with Gasteiger partial charge in [0.1, 0.15) is 0 Å². The Morgan fingerprint density at radius 1 is 0.756 bits per heavy atom. The van der Waals surface area contributed by atoms with Crippen molar-refractivity contribution in [2.75, 3.05) is 13.2 Å². The van der Waals surface area contributed by atoms with E-state index in [-0.39, 0.29) is 36.6 Å². The summed E-state index contributed by atoms with van der Waals surface area (Å²) in [5, 5.41) is 0. The van der Waals surface area contributed by atoms with E-state index in [0.717, 1.165) is 36.0 Å². The maximum absolute atomic E-state index is 12.5. The van der Waals surface area contributed by atoms with Gasteiger partial charge in [-0.15, -0.1) is 0 Å². The van der Waals surface area contributed by atoms with Crippen LogP contribution < -0.4 is 0 Å². The predicted molar refractivity (Wildman–Crippen MR) is 154 cm³/mol. The van der Waals surface area contributed by atoms with Gasteiger partial charge in [-0.25, -0.2) is 0 Å². The second kappa shape index (κ2) is 23.3. The Labute approximate surface area is 248 Å². The zero-order valence-electron chi connectivity index (χ0n) is 26.5. The first kappa shape index (κ1) is 38.7. The molecule has 236 valence electrons. The number of carbonyl (C=O) groups is 2. The minimum Gasteiger partial charge on any atom is -0.466 e. The molecule has 8 nitrogen and oxygen atoms in total. The molecular formula is C33H56O8. The summed E-state index contributed by atoms with van der Waals surface area (Å²) < 4.78 is 10.4. The van der Waals surface area contributed by atoms with Crippen LogP contribution in [0.2, 0.25) is 0 Å². The Balaban J connectivity index is 0.00000244. The summed E-state index contributed by atoms with van der Waals surface area (Å²) in [5.41, 5.74) is 0. The van der Waals surface area contributed by atoms with Gasteiger partial charge in [-0.1, -0.05) is 59.8 Å². The number of ether oxygens (including phenoxy) is 2. The van der Waals surface area contributed by atoms with E-state index in [2.05, 4.69) is 27.7 Å². The van der Waals surface area contributed by atoms with E-state index in [1.54, 1.807) is 0 Å². The van der Waals surface area contributed by atoms with Crippen molar-refractivity contribution in [2.45, 2.75) is 125 Å². The summed E-state index contributed by atoms with van der Waals surface area (Å²) in [7, 11) is 0. The van der Waals surface area contributed by atoms with Crippen molar-refractivity contribution < 1.29 is 38.2 Å². The molecule has 0 aromatic rings. The molecule has 0 bridgehead atoms. The first-order chi connectivity index (χ1) is 19.6. The van der Waals surface area contributed by atoms with Crippen molar-refractivity contribution in [1.29, 1.82) is 0 Å². The topological polar surface area (TPSA) is 121 Å². The standard InChI is InChI=1S/C31H56O4.2CO2/c1-7-11-24(8-2)19-27-14-12-25(16-22(27)5)18-26-13-15-28(23(6)17-26)20-29(31(33)35-10-4)21-30(32)34-9-3;2*2-1-3/h22-29H,7-21H2,1-6H3;;. The first-order valence-electron chi connectivity index (χ1n) is 15.9. The Morgan fingerprint density at radius 3 is 1.66 bits per heavy atom. The molecule has 2 aliphatic carbocycles. The molecule has 0 aromatic heterocycles. The monoisotopic (exact) mass is 580 g/mol. The minimum atomic E-state index is -0.367. The molecule has 2 fully saturated rings. The van der Waals surface area contributed by atoms with Crippen LogP contribution in [0.25, 0.3) is 0 Å². The zero-order chi connectivity index (χ0) is 31.2. The van der Waals surface area contributed by atoms with Crippen LogP contribution in [-0.4, -0.2) is 37.5 Å². The quantitative estimate of drug-likeness (QED) is 0.200. The lowest BCUT2D eigenvalue weighted by Crippen LogP contribution is -2.31. The Bertz CT molecular complexity index is 772. The zero-order valence-corrected chi connectivity index (χ0v) is 26.5. The molecule has 2 rings (SSSR count). The Kier molecular flexibility index (Phi) is 22.0.